The number of rotatable bonds is 5. The van der Waals surface area contributed by atoms with Crippen molar-refractivity contribution in [3.05, 3.63) is 53.1 Å². The molecule has 0 aliphatic carbocycles. The third kappa shape index (κ3) is 3.68. The number of halogens is 1. The maximum Gasteiger partial charge on any atom is 0.175 e. The molecule has 0 atom stereocenters. The Morgan fingerprint density at radius 2 is 1.86 bits per heavy atom. The SMILES string of the molecule is COc1ccccc1NCc1c(Cl)cccc1S(C)(=O)=O. The minimum atomic E-state index is -3.33. The Kier molecular flexibility index (Phi) is 4.75. The van der Waals surface area contributed by atoms with Crippen molar-refractivity contribution in [2.24, 2.45) is 0 Å². The summed E-state index contributed by atoms with van der Waals surface area (Å²) in [6.07, 6.45) is 1.17. The summed E-state index contributed by atoms with van der Waals surface area (Å²) in [4.78, 5) is 0.234. The molecule has 2 aromatic rings. The van der Waals surface area contributed by atoms with Gasteiger partial charge in [0.1, 0.15) is 5.75 Å². The molecular weight excluding hydrogens is 310 g/mol. The van der Waals surface area contributed by atoms with E-state index in [2.05, 4.69) is 5.32 Å². The Labute approximate surface area is 129 Å². The van der Waals surface area contributed by atoms with Gasteiger partial charge in [0.05, 0.1) is 17.7 Å². The minimum Gasteiger partial charge on any atom is -0.495 e. The molecule has 0 aliphatic heterocycles. The number of anilines is 1. The summed E-state index contributed by atoms with van der Waals surface area (Å²) in [5.41, 5.74) is 1.33. The molecule has 2 rings (SSSR count). The lowest BCUT2D eigenvalue weighted by atomic mass is 10.2. The van der Waals surface area contributed by atoms with Crippen LogP contribution in [0.15, 0.2) is 47.4 Å². The summed E-state index contributed by atoms with van der Waals surface area (Å²) in [5.74, 6) is 0.686. The quantitative estimate of drug-likeness (QED) is 0.915. The third-order valence-electron chi connectivity index (χ3n) is 3.04. The number of sulfone groups is 1. The largest absolute Gasteiger partial charge is 0.495 e. The zero-order valence-electron chi connectivity index (χ0n) is 11.8. The summed E-state index contributed by atoms with van der Waals surface area (Å²) in [7, 11) is -1.75. The van der Waals surface area contributed by atoms with E-state index in [4.69, 9.17) is 16.3 Å². The highest BCUT2D eigenvalue weighted by Gasteiger charge is 2.16. The van der Waals surface area contributed by atoms with Gasteiger partial charge in [-0.3, -0.25) is 0 Å². The first kappa shape index (κ1) is 15.7. The van der Waals surface area contributed by atoms with E-state index in [1.807, 2.05) is 24.3 Å². The predicted octanol–water partition coefficient (Wildman–Crippen LogP) is 3.36. The van der Waals surface area contributed by atoms with E-state index in [1.54, 1.807) is 25.3 Å². The van der Waals surface area contributed by atoms with Crippen LogP contribution in [-0.2, 0) is 16.4 Å². The molecule has 0 bridgehead atoms. The van der Waals surface area contributed by atoms with Crippen molar-refractivity contribution in [1.29, 1.82) is 0 Å². The van der Waals surface area contributed by atoms with E-state index in [-0.39, 0.29) is 4.90 Å². The summed E-state index contributed by atoms with van der Waals surface area (Å²) in [6, 6.07) is 12.3. The molecule has 6 heteroatoms. The third-order valence-corrected chi connectivity index (χ3v) is 4.57. The molecule has 0 amide bonds. The second kappa shape index (κ2) is 6.37. The highest BCUT2D eigenvalue weighted by atomic mass is 35.5. The van der Waals surface area contributed by atoms with E-state index in [1.165, 1.54) is 6.26 Å². The van der Waals surface area contributed by atoms with Crippen LogP contribution in [0.2, 0.25) is 5.02 Å². The molecule has 112 valence electrons. The van der Waals surface area contributed by atoms with E-state index >= 15 is 0 Å². The van der Waals surface area contributed by atoms with Crippen LogP contribution in [0.1, 0.15) is 5.56 Å². The summed E-state index contributed by atoms with van der Waals surface area (Å²) in [5, 5.41) is 3.58. The number of hydrogen-bond donors (Lipinski definition) is 1. The Morgan fingerprint density at radius 3 is 2.52 bits per heavy atom. The second-order valence-electron chi connectivity index (χ2n) is 4.54. The molecule has 0 unspecified atom stereocenters. The molecule has 2 aromatic carbocycles. The van der Waals surface area contributed by atoms with Gasteiger partial charge >= 0.3 is 0 Å². The first-order valence-electron chi connectivity index (χ1n) is 6.28. The summed E-state index contributed by atoms with van der Waals surface area (Å²) < 4.78 is 28.9. The van der Waals surface area contributed by atoms with Crippen LogP contribution in [0.25, 0.3) is 0 Å². The molecule has 0 spiro atoms. The number of benzene rings is 2. The van der Waals surface area contributed by atoms with Crippen LogP contribution in [0.5, 0.6) is 5.75 Å². The lowest BCUT2D eigenvalue weighted by Crippen LogP contribution is -2.08. The Morgan fingerprint density at radius 1 is 1.14 bits per heavy atom. The van der Waals surface area contributed by atoms with Gasteiger partial charge in [-0.25, -0.2) is 8.42 Å². The van der Waals surface area contributed by atoms with Gasteiger partial charge in [0.15, 0.2) is 9.84 Å². The van der Waals surface area contributed by atoms with Crippen LogP contribution in [0, 0.1) is 0 Å². The van der Waals surface area contributed by atoms with Gasteiger partial charge in [-0.05, 0) is 24.3 Å². The number of para-hydroxylation sites is 2. The average Bonchev–Trinajstić information content (AvgIpc) is 2.45. The van der Waals surface area contributed by atoms with Gasteiger partial charge in [0, 0.05) is 23.4 Å². The molecule has 4 nitrogen and oxygen atoms in total. The zero-order chi connectivity index (χ0) is 15.5. The summed E-state index contributed by atoms with van der Waals surface area (Å²) in [6.45, 7) is 0.294. The standard InChI is InChI=1S/C15H16ClNO3S/c1-20-14-8-4-3-7-13(14)17-10-11-12(16)6-5-9-15(11)21(2,18)19/h3-9,17H,10H2,1-2H3. The van der Waals surface area contributed by atoms with Gasteiger partial charge in [0.25, 0.3) is 0 Å². The fraction of sp³-hybridized carbons (Fsp3) is 0.200. The number of ether oxygens (including phenoxy) is 1. The molecular formula is C15H16ClNO3S. The van der Waals surface area contributed by atoms with Gasteiger partial charge < -0.3 is 10.1 Å². The van der Waals surface area contributed by atoms with Gasteiger partial charge in [-0.1, -0.05) is 29.8 Å². The van der Waals surface area contributed by atoms with Crippen molar-refractivity contribution in [2.75, 3.05) is 18.7 Å². The molecule has 0 aromatic heterocycles. The van der Waals surface area contributed by atoms with Crippen LogP contribution < -0.4 is 10.1 Å². The molecule has 0 fully saturated rings. The highest BCUT2D eigenvalue weighted by Crippen LogP contribution is 2.28. The Hall–Kier alpha value is -1.72. The molecule has 1 N–H and O–H groups in total. The Balaban J connectivity index is 2.33. The van der Waals surface area contributed by atoms with E-state index in [0.717, 1.165) is 5.69 Å². The monoisotopic (exact) mass is 325 g/mol. The van der Waals surface area contributed by atoms with E-state index in [9.17, 15) is 8.42 Å². The van der Waals surface area contributed by atoms with Crippen LogP contribution >= 0.6 is 11.6 Å². The molecule has 0 aliphatic rings. The number of nitrogens with one attached hydrogen (secondary N) is 1. The second-order valence-corrected chi connectivity index (χ2v) is 6.93. The van der Waals surface area contributed by atoms with Gasteiger partial charge in [-0.2, -0.15) is 0 Å². The van der Waals surface area contributed by atoms with Gasteiger partial charge in [-0.15, -0.1) is 0 Å². The smallest absolute Gasteiger partial charge is 0.175 e. The molecule has 0 radical (unpaired) electrons. The normalized spacial score (nSPS) is 11.2. The predicted molar refractivity (Wildman–Crippen MR) is 84.9 cm³/mol. The minimum absolute atomic E-state index is 0.234. The van der Waals surface area contributed by atoms with E-state index < -0.39 is 9.84 Å². The first-order valence-corrected chi connectivity index (χ1v) is 8.54. The van der Waals surface area contributed by atoms with Gasteiger partial charge in [0.2, 0.25) is 0 Å². The maximum atomic E-state index is 11.8. The lowest BCUT2D eigenvalue weighted by molar-refractivity contribution is 0.416. The molecule has 21 heavy (non-hydrogen) atoms. The molecule has 0 saturated heterocycles. The maximum absolute atomic E-state index is 11.8. The van der Waals surface area contributed by atoms with Crippen molar-refractivity contribution in [1.82, 2.24) is 0 Å². The van der Waals surface area contributed by atoms with Crippen LogP contribution in [0.4, 0.5) is 5.69 Å². The fourth-order valence-corrected chi connectivity index (χ4v) is 3.28. The summed E-state index contributed by atoms with van der Waals surface area (Å²) >= 11 is 6.14. The van der Waals surface area contributed by atoms with Crippen molar-refractivity contribution in [3.63, 3.8) is 0 Å². The van der Waals surface area contributed by atoms with E-state index in [0.29, 0.717) is 22.9 Å². The number of methoxy groups -OCH3 is 1. The number of hydrogen-bond acceptors (Lipinski definition) is 4. The van der Waals surface area contributed by atoms with Crippen molar-refractivity contribution in [3.8, 4) is 5.75 Å². The molecule has 0 saturated carbocycles. The van der Waals surface area contributed by atoms with Crippen LogP contribution in [0.3, 0.4) is 0 Å². The Bertz CT molecular complexity index is 744. The lowest BCUT2D eigenvalue weighted by Gasteiger charge is -2.14. The topological polar surface area (TPSA) is 55.4 Å². The molecule has 0 heterocycles. The van der Waals surface area contributed by atoms with Crippen molar-refractivity contribution >= 4 is 27.1 Å². The zero-order valence-corrected chi connectivity index (χ0v) is 13.3. The van der Waals surface area contributed by atoms with Crippen molar-refractivity contribution < 1.29 is 13.2 Å². The fourth-order valence-electron chi connectivity index (χ4n) is 2.03. The van der Waals surface area contributed by atoms with Crippen LogP contribution in [-0.4, -0.2) is 21.8 Å². The van der Waals surface area contributed by atoms with Crippen molar-refractivity contribution in [2.45, 2.75) is 11.4 Å². The highest BCUT2D eigenvalue weighted by molar-refractivity contribution is 7.90. The average molecular weight is 326 g/mol. The first-order chi connectivity index (χ1) is 9.93.